The van der Waals surface area contributed by atoms with E-state index in [2.05, 4.69) is 10.3 Å². The first-order valence-corrected chi connectivity index (χ1v) is 10.5. The molecule has 0 aliphatic heterocycles. The molecule has 0 saturated heterocycles. The van der Waals surface area contributed by atoms with Crippen LogP contribution in [0.3, 0.4) is 0 Å². The molecular formula is C23H22ClN5O3. The number of nitrogens with one attached hydrogen (secondary N) is 1. The van der Waals surface area contributed by atoms with Crippen molar-refractivity contribution in [3.05, 3.63) is 91.8 Å². The Morgan fingerprint density at radius 1 is 1.09 bits per heavy atom. The molecule has 4 aromatic rings. The highest BCUT2D eigenvalue weighted by Gasteiger charge is 2.20. The average molecular weight is 452 g/mol. The highest BCUT2D eigenvalue weighted by Crippen LogP contribution is 2.19. The van der Waals surface area contributed by atoms with Crippen molar-refractivity contribution >= 4 is 34.4 Å². The lowest BCUT2D eigenvalue weighted by atomic mass is 10.2. The van der Waals surface area contributed by atoms with Gasteiger partial charge >= 0.3 is 5.69 Å². The van der Waals surface area contributed by atoms with E-state index in [0.717, 1.165) is 15.7 Å². The predicted octanol–water partition coefficient (Wildman–Crippen LogP) is 3.03. The smallest absolute Gasteiger partial charge is 0.325 e. The van der Waals surface area contributed by atoms with Crippen molar-refractivity contribution < 1.29 is 4.79 Å². The van der Waals surface area contributed by atoms with Gasteiger partial charge in [-0.2, -0.15) is 0 Å². The molecule has 0 aliphatic carbocycles. The maximum absolute atomic E-state index is 13.3. The lowest BCUT2D eigenvalue weighted by Gasteiger charge is -2.13. The molecule has 2 aromatic carbocycles. The second kappa shape index (κ2) is 8.84. The molecule has 0 spiro atoms. The van der Waals surface area contributed by atoms with Gasteiger partial charge in [-0.05, 0) is 43.2 Å². The van der Waals surface area contributed by atoms with Gasteiger partial charge in [0, 0.05) is 17.3 Å². The highest BCUT2D eigenvalue weighted by atomic mass is 35.5. The van der Waals surface area contributed by atoms with Crippen molar-refractivity contribution in [3.8, 4) is 0 Å². The number of halogens is 1. The van der Waals surface area contributed by atoms with Gasteiger partial charge in [0.05, 0.1) is 12.9 Å². The van der Waals surface area contributed by atoms with E-state index in [1.54, 1.807) is 22.8 Å². The topological polar surface area (TPSA) is 90.9 Å². The summed E-state index contributed by atoms with van der Waals surface area (Å²) in [5.74, 6) is -0.484. The van der Waals surface area contributed by atoms with Crippen LogP contribution in [0.4, 0.5) is 5.69 Å². The van der Waals surface area contributed by atoms with Crippen LogP contribution in [0.5, 0.6) is 0 Å². The largest absolute Gasteiger partial charge is 0.333 e. The summed E-state index contributed by atoms with van der Waals surface area (Å²) in [4.78, 5) is 43.5. The second-order valence-electron chi connectivity index (χ2n) is 7.46. The maximum Gasteiger partial charge on any atom is 0.333 e. The van der Waals surface area contributed by atoms with Crippen LogP contribution >= 0.6 is 11.6 Å². The molecule has 32 heavy (non-hydrogen) atoms. The molecule has 0 saturated carbocycles. The van der Waals surface area contributed by atoms with E-state index in [4.69, 9.17) is 11.6 Å². The molecule has 164 valence electrons. The molecule has 4 rings (SSSR count). The first-order valence-electron chi connectivity index (χ1n) is 10.2. The molecule has 1 N–H and O–H groups in total. The minimum Gasteiger partial charge on any atom is -0.325 e. The van der Waals surface area contributed by atoms with Crippen LogP contribution in [0.15, 0.2) is 64.4 Å². The lowest BCUT2D eigenvalue weighted by Crippen LogP contribution is -2.43. The number of amides is 1. The van der Waals surface area contributed by atoms with Crippen LogP contribution in [0, 0.1) is 6.92 Å². The fraction of sp³-hybridized carbons (Fsp3) is 0.217. The van der Waals surface area contributed by atoms with E-state index in [-0.39, 0.29) is 6.54 Å². The molecule has 2 aromatic heterocycles. The van der Waals surface area contributed by atoms with E-state index in [1.165, 1.54) is 10.9 Å². The summed E-state index contributed by atoms with van der Waals surface area (Å²) in [7, 11) is 0. The van der Waals surface area contributed by atoms with E-state index < -0.39 is 23.7 Å². The van der Waals surface area contributed by atoms with E-state index in [9.17, 15) is 14.4 Å². The number of anilines is 1. The van der Waals surface area contributed by atoms with Crippen LogP contribution in [0.2, 0.25) is 5.02 Å². The standard InChI is InChI=1S/C23H22ClN5O3/c1-3-27-14-25-21-20(27)22(31)29(23(32)28(21)12-16-7-5-4-6-8-16)13-19(30)26-18-10-9-17(24)11-15(18)2/h4-11,14H,3,12-13H2,1-2H3,(H,26,30). The number of hydrogen-bond donors (Lipinski definition) is 1. The fourth-order valence-corrected chi connectivity index (χ4v) is 3.85. The Balaban J connectivity index is 1.77. The zero-order valence-corrected chi connectivity index (χ0v) is 18.5. The molecule has 0 fully saturated rings. The fourth-order valence-electron chi connectivity index (χ4n) is 3.63. The van der Waals surface area contributed by atoms with Crippen LogP contribution in [0.25, 0.3) is 11.2 Å². The molecule has 0 radical (unpaired) electrons. The number of nitrogens with zero attached hydrogens (tertiary/aromatic N) is 4. The quantitative estimate of drug-likeness (QED) is 0.488. The van der Waals surface area contributed by atoms with Crippen molar-refractivity contribution in [2.24, 2.45) is 0 Å². The zero-order chi connectivity index (χ0) is 22.8. The molecule has 9 heteroatoms. The van der Waals surface area contributed by atoms with Gasteiger partial charge in [0.15, 0.2) is 11.2 Å². The number of benzene rings is 2. The molecule has 8 nitrogen and oxygen atoms in total. The van der Waals surface area contributed by atoms with Gasteiger partial charge < -0.3 is 9.88 Å². The van der Waals surface area contributed by atoms with E-state index >= 15 is 0 Å². The minimum absolute atomic E-state index is 0.231. The Morgan fingerprint density at radius 2 is 1.84 bits per heavy atom. The number of fused-ring (bicyclic) bond motifs is 1. The Kier molecular flexibility index (Phi) is 5.96. The predicted molar refractivity (Wildman–Crippen MR) is 124 cm³/mol. The Bertz CT molecular complexity index is 1420. The molecule has 2 heterocycles. The molecule has 0 atom stereocenters. The number of rotatable bonds is 6. The summed E-state index contributed by atoms with van der Waals surface area (Å²) in [5.41, 5.74) is 1.69. The first kappa shape index (κ1) is 21.6. The first-order chi connectivity index (χ1) is 15.4. The summed E-state index contributed by atoms with van der Waals surface area (Å²) < 4.78 is 4.06. The van der Waals surface area contributed by atoms with Crippen LogP contribution in [-0.4, -0.2) is 24.6 Å². The summed E-state index contributed by atoms with van der Waals surface area (Å²) in [6.45, 7) is 4.01. The number of carbonyl (C=O) groups is 1. The minimum atomic E-state index is -0.587. The average Bonchev–Trinajstić information content (AvgIpc) is 3.21. The van der Waals surface area contributed by atoms with E-state index in [0.29, 0.717) is 28.4 Å². The zero-order valence-electron chi connectivity index (χ0n) is 17.7. The summed E-state index contributed by atoms with van der Waals surface area (Å²) in [6.07, 6.45) is 1.54. The highest BCUT2D eigenvalue weighted by molar-refractivity contribution is 6.30. The molecular weight excluding hydrogens is 430 g/mol. The molecule has 0 bridgehead atoms. The van der Waals surface area contributed by atoms with Gasteiger partial charge in [0.25, 0.3) is 5.56 Å². The molecule has 0 unspecified atom stereocenters. The van der Waals surface area contributed by atoms with Crippen molar-refractivity contribution in [2.45, 2.75) is 33.5 Å². The number of carbonyl (C=O) groups excluding carboxylic acids is 1. The Labute approximate surface area is 188 Å². The van der Waals surface area contributed by atoms with Gasteiger partial charge in [-0.3, -0.25) is 14.2 Å². The summed E-state index contributed by atoms with van der Waals surface area (Å²) >= 11 is 5.97. The van der Waals surface area contributed by atoms with Gasteiger partial charge in [-0.15, -0.1) is 0 Å². The van der Waals surface area contributed by atoms with Crippen molar-refractivity contribution in [3.63, 3.8) is 0 Å². The summed E-state index contributed by atoms with van der Waals surface area (Å²) in [5, 5.41) is 3.31. The second-order valence-corrected chi connectivity index (χ2v) is 7.89. The number of hydrogen-bond acceptors (Lipinski definition) is 4. The summed E-state index contributed by atoms with van der Waals surface area (Å²) in [6, 6.07) is 14.5. The monoisotopic (exact) mass is 451 g/mol. The number of imidazole rings is 1. The number of aryl methyl sites for hydroxylation is 2. The van der Waals surface area contributed by atoms with Crippen LogP contribution in [0.1, 0.15) is 18.1 Å². The van der Waals surface area contributed by atoms with Crippen LogP contribution < -0.4 is 16.6 Å². The van der Waals surface area contributed by atoms with Gasteiger partial charge in [-0.1, -0.05) is 41.9 Å². The Morgan fingerprint density at radius 3 is 2.53 bits per heavy atom. The third kappa shape index (κ3) is 4.09. The van der Waals surface area contributed by atoms with Gasteiger partial charge in [0.2, 0.25) is 5.91 Å². The van der Waals surface area contributed by atoms with Gasteiger partial charge in [-0.25, -0.2) is 14.3 Å². The SMILES string of the molecule is CCn1cnc2c1c(=O)n(CC(=O)Nc1ccc(Cl)cc1C)c(=O)n2Cc1ccccc1. The van der Waals surface area contributed by atoms with E-state index in [1.807, 2.05) is 44.2 Å². The maximum atomic E-state index is 13.3. The molecule has 1 amide bonds. The van der Waals surface area contributed by atoms with Crippen LogP contribution in [-0.2, 0) is 24.4 Å². The van der Waals surface area contributed by atoms with Gasteiger partial charge in [0.1, 0.15) is 6.54 Å². The van der Waals surface area contributed by atoms with Crippen molar-refractivity contribution in [1.82, 2.24) is 18.7 Å². The van der Waals surface area contributed by atoms with Crippen molar-refractivity contribution in [1.29, 1.82) is 0 Å². The van der Waals surface area contributed by atoms with Crippen molar-refractivity contribution in [2.75, 3.05) is 5.32 Å². The lowest BCUT2D eigenvalue weighted by molar-refractivity contribution is -0.116. The molecule has 0 aliphatic rings. The Hall–Kier alpha value is -3.65. The third-order valence-corrected chi connectivity index (χ3v) is 5.51. The number of aromatic nitrogens is 4. The normalized spacial score (nSPS) is 11.1. The third-order valence-electron chi connectivity index (χ3n) is 5.27.